The Morgan fingerprint density at radius 1 is 1.47 bits per heavy atom. The average molecular weight is 246 g/mol. The van der Waals surface area contributed by atoms with Crippen molar-refractivity contribution in [1.29, 1.82) is 5.26 Å². The van der Waals surface area contributed by atoms with Gasteiger partial charge in [-0.25, -0.2) is 0 Å². The molecule has 8 heteroatoms. The summed E-state index contributed by atoms with van der Waals surface area (Å²) in [5.74, 6) is -0.585. The van der Waals surface area contributed by atoms with E-state index >= 15 is 0 Å². The molecule has 0 unspecified atom stereocenters. The lowest BCUT2D eigenvalue weighted by molar-refractivity contribution is -0.274. The number of hydrogen-bond donors (Lipinski definition) is 2. The molecule has 1 rings (SSSR count). The maximum atomic E-state index is 12.1. The number of nitriles is 1. The predicted molar refractivity (Wildman–Crippen MR) is 52.5 cm³/mol. The third-order valence-corrected chi connectivity index (χ3v) is 1.83. The molecule has 0 saturated heterocycles. The van der Waals surface area contributed by atoms with E-state index in [-0.39, 0.29) is 30.0 Å². The number of pyridine rings is 1. The largest absolute Gasteiger partial charge is 0.573 e. The molecule has 1 heterocycles. The molecule has 0 aliphatic carbocycles. The number of nitrogens with two attached hydrogens (primary N) is 2. The highest BCUT2D eigenvalue weighted by Gasteiger charge is 2.32. The molecule has 1 aromatic heterocycles. The molecule has 1 aromatic rings. The summed E-state index contributed by atoms with van der Waals surface area (Å²) in [6, 6.07) is 2.74. The molecule has 0 atom stereocenters. The zero-order valence-electron chi connectivity index (χ0n) is 8.58. The molecule has 0 saturated carbocycles. The van der Waals surface area contributed by atoms with E-state index in [1.807, 2.05) is 0 Å². The third-order valence-electron chi connectivity index (χ3n) is 1.83. The monoisotopic (exact) mass is 246 g/mol. The number of nitrogens with zero attached hydrogens (tertiary/aromatic N) is 2. The van der Waals surface area contributed by atoms with Gasteiger partial charge in [-0.3, -0.25) is 4.98 Å². The number of alkyl halides is 3. The third kappa shape index (κ3) is 3.49. The van der Waals surface area contributed by atoms with Crippen molar-refractivity contribution in [1.82, 2.24) is 4.98 Å². The van der Waals surface area contributed by atoms with Gasteiger partial charge < -0.3 is 16.2 Å². The Morgan fingerprint density at radius 3 is 2.59 bits per heavy atom. The van der Waals surface area contributed by atoms with Crippen LogP contribution in [0.3, 0.4) is 0 Å². The Labute approximate surface area is 94.8 Å². The molecule has 5 nitrogen and oxygen atoms in total. The SMILES string of the molecule is N#CCc1cc(OC(F)(F)F)c(N)c(CN)n1. The van der Waals surface area contributed by atoms with E-state index < -0.39 is 12.1 Å². The van der Waals surface area contributed by atoms with Gasteiger partial charge in [0.05, 0.1) is 29.6 Å². The fourth-order valence-electron chi connectivity index (χ4n) is 1.17. The first-order valence-electron chi connectivity index (χ1n) is 4.48. The van der Waals surface area contributed by atoms with E-state index in [0.717, 1.165) is 6.07 Å². The normalized spacial score (nSPS) is 11.0. The molecular formula is C9H9F3N4O. The zero-order chi connectivity index (χ0) is 13.1. The lowest BCUT2D eigenvalue weighted by Crippen LogP contribution is -2.19. The lowest BCUT2D eigenvalue weighted by atomic mass is 10.2. The first-order valence-corrected chi connectivity index (χ1v) is 4.48. The van der Waals surface area contributed by atoms with E-state index in [4.69, 9.17) is 16.7 Å². The second-order valence-electron chi connectivity index (χ2n) is 3.06. The summed E-state index contributed by atoms with van der Waals surface area (Å²) < 4.78 is 40.0. The van der Waals surface area contributed by atoms with E-state index in [0.29, 0.717) is 0 Å². The molecule has 0 bridgehead atoms. The van der Waals surface area contributed by atoms with Gasteiger partial charge in [0.25, 0.3) is 0 Å². The van der Waals surface area contributed by atoms with Gasteiger partial charge in [-0.1, -0.05) is 0 Å². The minimum atomic E-state index is -4.86. The Bertz CT molecular complexity index is 453. The number of halogens is 3. The molecular weight excluding hydrogens is 237 g/mol. The second kappa shape index (κ2) is 4.88. The highest BCUT2D eigenvalue weighted by molar-refractivity contribution is 5.57. The molecule has 0 aromatic carbocycles. The zero-order valence-corrected chi connectivity index (χ0v) is 8.58. The number of hydrogen-bond acceptors (Lipinski definition) is 5. The van der Waals surface area contributed by atoms with Crippen LogP contribution in [0.4, 0.5) is 18.9 Å². The minimum Gasteiger partial charge on any atom is -0.403 e. The average Bonchev–Trinajstić information content (AvgIpc) is 2.21. The number of rotatable bonds is 3. The van der Waals surface area contributed by atoms with Crippen molar-refractivity contribution in [2.24, 2.45) is 5.73 Å². The fraction of sp³-hybridized carbons (Fsp3) is 0.333. The number of nitrogen functional groups attached to an aromatic ring is 1. The summed E-state index contributed by atoms with van der Waals surface area (Å²) >= 11 is 0. The van der Waals surface area contributed by atoms with E-state index in [1.165, 1.54) is 0 Å². The van der Waals surface area contributed by atoms with Crippen LogP contribution in [0.2, 0.25) is 0 Å². The molecule has 92 valence electrons. The van der Waals surface area contributed by atoms with Gasteiger partial charge in [-0.2, -0.15) is 5.26 Å². The Hall–Kier alpha value is -2.01. The lowest BCUT2D eigenvalue weighted by Gasteiger charge is -2.13. The van der Waals surface area contributed by atoms with Crippen molar-refractivity contribution in [2.45, 2.75) is 19.3 Å². The topological polar surface area (TPSA) is 97.9 Å². The smallest absolute Gasteiger partial charge is 0.403 e. The highest BCUT2D eigenvalue weighted by atomic mass is 19.4. The molecule has 0 radical (unpaired) electrons. The standard InChI is InChI=1S/C9H9F3N4O/c10-9(11,12)17-7-3-5(1-2-13)16-6(4-14)8(7)15/h3H,1,4,14-15H2. The molecule has 0 spiro atoms. The molecule has 4 N–H and O–H groups in total. The van der Waals surface area contributed by atoms with Gasteiger partial charge in [-0.05, 0) is 0 Å². The van der Waals surface area contributed by atoms with Crippen molar-refractivity contribution in [3.8, 4) is 11.8 Å². The van der Waals surface area contributed by atoms with Crippen LogP contribution in [0.25, 0.3) is 0 Å². The fourth-order valence-corrected chi connectivity index (χ4v) is 1.17. The van der Waals surface area contributed by atoms with Crippen molar-refractivity contribution < 1.29 is 17.9 Å². The van der Waals surface area contributed by atoms with Gasteiger partial charge >= 0.3 is 6.36 Å². The van der Waals surface area contributed by atoms with Crippen LogP contribution in [0.5, 0.6) is 5.75 Å². The molecule has 0 aliphatic heterocycles. The van der Waals surface area contributed by atoms with Crippen LogP contribution < -0.4 is 16.2 Å². The van der Waals surface area contributed by atoms with Crippen molar-refractivity contribution >= 4 is 5.69 Å². The van der Waals surface area contributed by atoms with Gasteiger partial charge in [0.2, 0.25) is 0 Å². The van der Waals surface area contributed by atoms with Gasteiger partial charge in [0, 0.05) is 12.6 Å². The summed E-state index contributed by atoms with van der Waals surface area (Å²) in [5, 5.41) is 8.46. The number of anilines is 1. The summed E-state index contributed by atoms with van der Waals surface area (Å²) in [5.41, 5.74) is 10.6. The molecule has 17 heavy (non-hydrogen) atoms. The Balaban J connectivity index is 3.19. The summed E-state index contributed by atoms with van der Waals surface area (Å²) in [6.45, 7) is -0.140. The Kier molecular flexibility index (Phi) is 3.75. The van der Waals surface area contributed by atoms with E-state index in [1.54, 1.807) is 6.07 Å². The second-order valence-corrected chi connectivity index (χ2v) is 3.06. The Morgan fingerprint density at radius 2 is 2.12 bits per heavy atom. The minimum absolute atomic E-state index is 0.0667. The van der Waals surface area contributed by atoms with E-state index in [2.05, 4.69) is 9.72 Å². The van der Waals surface area contributed by atoms with Crippen LogP contribution in [-0.2, 0) is 13.0 Å². The summed E-state index contributed by atoms with van der Waals surface area (Å²) in [7, 11) is 0. The number of aromatic nitrogens is 1. The van der Waals surface area contributed by atoms with E-state index in [9.17, 15) is 13.2 Å². The van der Waals surface area contributed by atoms with Crippen LogP contribution in [0.15, 0.2) is 6.07 Å². The summed E-state index contributed by atoms with van der Waals surface area (Å²) in [4.78, 5) is 3.85. The number of ether oxygens (including phenoxy) is 1. The van der Waals surface area contributed by atoms with Gasteiger partial charge in [0.1, 0.15) is 0 Å². The van der Waals surface area contributed by atoms with Crippen molar-refractivity contribution in [3.05, 3.63) is 17.5 Å². The maximum Gasteiger partial charge on any atom is 0.573 e. The first-order chi connectivity index (χ1) is 7.87. The van der Waals surface area contributed by atoms with Crippen LogP contribution in [0.1, 0.15) is 11.4 Å². The molecule has 0 aliphatic rings. The van der Waals surface area contributed by atoms with Crippen molar-refractivity contribution in [3.63, 3.8) is 0 Å². The van der Waals surface area contributed by atoms with Gasteiger partial charge in [0.15, 0.2) is 5.75 Å². The molecule has 0 amide bonds. The van der Waals surface area contributed by atoms with Gasteiger partial charge in [-0.15, -0.1) is 13.2 Å². The summed E-state index contributed by atoms with van der Waals surface area (Å²) in [6.07, 6.45) is -5.01. The van der Waals surface area contributed by atoms with Crippen LogP contribution in [0, 0.1) is 11.3 Å². The first kappa shape index (κ1) is 13.1. The maximum absolute atomic E-state index is 12.1. The van der Waals surface area contributed by atoms with Crippen LogP contribution >= 0.6 is 0 Å². The van der Waals surface area contributed by atoms with Crippen LogP contribution in [-0.4, -0.2) is 11.3 Å². The highest BCUT2D eigenvalue weighted by Crippen LogP contribution is 2.30. The molecule has 0 fully saturated rings. The predicted octanol–water partition coefficient (Wildman–Crippen LogP) is 1.09. The quantitative estimate of drug-likeness (QED) is 0.831. The van der Waals surface area contributed by atoms with Crippen molar-refractivity contribution in [2.75, 3.05) is 5.73 Å².